The van der Waals surface area contributed by atoms with E-state index in [0.717, 1.165) is 10.1 Å². The molecule has 1 N–H and O–H groups in total. The van der Waals surface area contributed by atoms with Gasteiger partial charge in [-0.1, -0.05) is 12.1 Å². The number of anilines is 1. The first-order valence-electron chi connectivity index (χ1n) is 8.90. The summed E-state index contributed by atoms with van der Waals surface area (Å²) in [6, 6.07) is 7.13. The van der Waals surface area contributed by atoms with Crippen molar-refractivity contribution >= 4 is 11.8 Å². The molecule has 148 valence electrons. The monoisotopic (exact) mass is 385 g/mol. The van der Waals surface area contributed by atoms with Gasteiger partial charge in [-0.05, 0) is 31.5 Å². The van der Waals surface area contributed by atoms with E-state index in [1.807, 2.05) is 0 Å². The van der Waals surface area contributed by atoms with Crippen molar-refractivity contribution in [2.75, 3.05) is 19.0 Å². The summed E-state index contributed by atoms with van der Waals surface area (Å²) in [5, 5.41) is 3.05. The van der Waals surface area contributed by atoms with Gasteiger partial charge in [0.1, 0.15) is 11.6 Å². The quantitative estimate of drug-likeness (QED) is 0.802. The van der Waals surface area contributed by atoms with E-state index in [4.69, 9.17) is 9.47 Å². The predicted octanol–water partition coefficient (Wildman–Crippen LogP) is 1.49. The van der Waals surface area contributed by atoms with Crippen molar-refractivity contribution in [3.63, 3.8) is 0 Å². The molecule has 8 heteroatoms. The molecule has 1 aromatic heterocycles. The van der Waals surface area contributed by atoms with Crippen molar-refractivity contribution in [3.8, 4) is 5.75 Å². The predicted molar refractivity (Wildman–Crippen MR) is 105 cm³/mol. The lowest BCUT2D eigenvalue weighted by Crippen LogP contribution is -2.43. The van der Waals surface area contributed by atoms with Gasteiger partial charge < -0.3 is 14.8 Å². The number of nitrogens with zero attached hydrogens (tertiary/aromatic N) is 2. The SMILES string of the molecule is CCOC(=O)C1=C(C)Nc2c(c(=O)n(C)c(=O)n2C)C1c1ccc(OC)cc1. The summed E-state index contributed by atoms with van der Waals surface area (Å²) < 4.78 is 12.9. The molecule has 8 nitrogen and oxygen atoms in total. The van der Waals surface area contributed by atoms with Crippen molar-refractivity contribution in [2.45, 2.75) is 19.8 Å². The minimum atomic E-state index is -0.674. The van der Waals surface area contributed by atoms with E-state index in [-0.39, 0.29) is 6.61 Å². The standard InChI is InChI=1S/C20H23N3O5/c1-6-28-19(25)14-11(2)21-17-16(18(24)23(4)20(26)22(17)3)15(14)12-7-9-13(27-5)10-8-12/h7-10,15,21H,6H2,1-5H3. The number of benzene rings is 1. The van der Waals surface area contributed by atoms with E-state index in [1.54, 1.807) is 52.3 Å². The third kappa shape index (κ3) is 3.00. The summed E-state index contributed by atoms with van der Waals surface area (Å²) in [7, 11) is 4.57. The van der Waals surface area contributed by atoms with Crippen LogP contribution in [0.5, 0.6) is 5.75 Å². The highest BCUT2D eigenvalue weighted by Crippen LogP contribution is 2.40. The molecule has 1 aromatic carbocycles. The summed E-state index contributed by atoms with van der Waals surface area (Å²) in [4.78, 5) is 38.2. The van der Waals surface area contributed by atoms with Crippen LogP contribution in [0.1, 0.15) is 30.9 Å². The summed E-state index contributed by atoms with van der Waals surface area (Å²) in [5.41, 5.74) is 1.02. The van der Waals surface area contributed by atoms with Gasteiger partial charge >= 0.3 is 11.7 Å². The van der Waals surface area contributed by atoms with Crippen LogP contribution in [-0.2, 0) is 23.6 Å². The van der Waals surface area contributed by atoms with Crippen LogP contribution in [0, 0.1) is 0 Å². The van der Waals surface area contributed by atoms with E-state index >= 15 is 0 Å². The summed E-state index contributed by atoms with van der Waals surface area (Å²) >= 11 is 0. The van der Waals surface area contributed by atoms with Gasteiger partial charge in [0.25, 0.3) is 5.56 Å². The smallest absolute Gasteiger partial charge is 0.336 e. The number of aromatic nitrogens is 2. The van der Waals surface area contributed by atoms with Crippen molar-refractivity contribution < 1.29 is 14.3 Å². The van der Waals surface area contributed by atoms with Gasteiger partial charge in [0.2, 0.25) is 0 Å². The fraction of sp³-hybridized carbons (Fsp3) is 0.350. The van der Waals surface area contributed by atoms with Gasteiger partial charge in [-0.2, -0.15) is 0 Å². The highest BCUT2D eigenvalue weighted by molar-refractivity contribution is 5.94. The maximum Gasteiger partial charge on any atom is 0.336 e. The Bertz CT molecular complexity index is 1080. The van der Waals surface area contributed by atoms with Gasteiger partial charge in [-0.25, -0.2) is 9.59 Å². The number of methoxy groups -OCH3 is 1. The lowest BCUT2D eigenvalue weighted by Gasteiger charge is -2.30. The molecule has 1 aliphatic heterocycles. The maximum absolute atomic E-state index is 13.0. The zero-order chi connectivity index (χ0) is 20.6. The number of hydrogen-bond acceptors (Lipinski definition) is 6. The lowest BCUT2D eigenvalue weighted by atomic mass is 9.82. The Morgan fingerprint density at radius 2 is 1.79 bits per heavy atom. The normalized spacial score (nSPS) is 15.7. The van der Waals surface area contributed by atoms with Crippen LogP contribution in [-0.4, -0.2) is 28.8 Å². The summed E-state index contributed by atoms with van der Waals surface area (Å²) in [6.45, 7) is 3.67. The molecule has 0 spiro atoms. The Balaban J connectivity index is 2.34. The first-order chi connectivity index (χ1) is 13.3. The third-order valence-corrected chi connectivity index (χ3v) is 4.93. The molecule has 0 saturated carbocycles. The van der Waals surface area contributed by atoms with Gasteiger partial charge in [0.05, 0.1) is 30.8 Å². The van der Waals surface area contributed by atoms with Crippen molar-refractivity contribution in [3.05, 3.63) is 67.5 Å². The largest absolute Gasteiger partial charge is 0.497 e. The minimum Gasteiger partial charge on any atom is -0.497 e. The number of nitrogens with one attached hydrogen (secondary N) is 1. The maximum atomic E-state index is 13.0. The Labute approximate surface area is 162 Å². The molecule has 0 bridgehead atoms. The van der Waals surface area contributed by atoms with Crippen molar-refractivity contribution in [1.29, 1.82) is 0 Å². The molecule has 28 heavy (non-hydrogen) atoms. The van der Waals surface area contributed by atoms with E-state index in [1.165, 1.54) is 11.6 Å². The molecule has 1 unspecified atom stereocenters. The molecule has 0 radical (unpaired) electrons. The number of ether oxygens (including phenoxy) is 2. The van der Waals surface area contributed by atoms with Crippen molar-refractivity contribution in [2.24, 2.45) is 14.1 Å². The van der Waals surface area contributed by atoms with Crippen LogP contribution in [0.4, 0.5) is 5.82 Å². The molecule has 0 fully saturated rings. The average Bonchev–Trinajstić information content (AvgIpc) is 2.70. The Morgan fingerprint density at radius 1 is 1.14 bits per heavy atom. The van der Waals surface area contributed by atoms with Crippen molar-refractivity contribution in [1.82, 2.24) is 9.13 Å². The number of allylic oxidation sites excluding steroid dienone is 1. The molecular formula is C20H23N3O5. The topological polar surface area (TPSA) is 91.6 Å². The van der Waals surface area contributed by atoms with E-state index < -0.39 is 23.1 Å². The zero-order valence-corrected chi connectivity index (χ0v) is 16.5. The lowest BCUT2D eigenvalue weighted by molar-refractivity contribution is -0.138. The Morgan fingerprint density at radius 3 is 2.36 bits per heavy atom. The Kier molecular flexibility index (Phi) is 5.13. The van der Waals surface area contributed by atoms with Gasteiger partial charge in [0.15, 0.2) is 0 Å². The van der Waals surface area contributed by atoms with Crippen LogP contribution in [0.3, 0.4) is 0 Å². The van der Waals surface area contributed by atoms with Crippen LogP contribution >= 0.6 is 0 Å². The second kappa shape index (κ2) is 7.38. The van der Waals surface area contributed by atoms with E-state index in [2.05, 4.69) is 5.32 Å². The second-order valence-electron chi connectivity index (χ2n) is 6.56. The van der Waals surface area contributed by atoms with Gasteiger partial charge in [-0.15, -0.1) is 0 Å². The third-order valence-electron chi connectivity index (χ3n) is 4.93. The molecule has 1 atom stereocenters. The second-order valence-corrected chi connectivity index (χ2v) is 6.56. The summed E-state index contributed by atoms with van der Waals surface area (Å²) in [5.74, 6) is -0.147. The number of carbonyl (C=O) groups is 1. The van der Waals surface area contributed by atoms with Crippen LogP contribution in [0.2, 0.25) is 0 Å². The van der Waals surface area contributed by atoms with E-state index in [9.17, 15) is 14.4 Å². The fourth-order valence-corrected chi connectivity index (χ4v) is 3.50. The number of hydrogen-bond donors (Lipinski definition) is 1. The van der Waals surface area contributed by atoms with Gasteiger partial charge in [-0.3, -0.25) is 13.9 Å². The highest BCUT2D eigenvalue weighted by atomic mass is 16.5. The van der Waals surface area contributed by atoms with Crippen LogP contribution in [0.25, 0.3) is 0 Å². The van der Waals surface area contributed by atoms with E-state index in [0.29, 0.717) is 28.4 Å². The molecule has 2 aromatic rings. The Hall–Kier alpha value is -3.29. The first kappa shape index (κ1) is 19.5. The average molecular weight is 385 g/mol. The molecule has 1 aliphatic rings. The molecule has 3 rings (SSSR count). The number of esters is 1. The molecule has 0 aliphatic carbocycles. The minimum absolute atomic E-state index is 0.211. The van der Waals surface area contributed by atoms with Crippen LogP contribution < -0.4 is 21.3 Å². The molecule has 0 saturated heterocycles. The molecular weight excluding hydrogens is 362 g/mol. The number of rotatable bonds is 4. The first-order valence-corrected chi connectivity index (χ1v) is 8.90. The summed E-state index contributed by atoms with van der Waals surface area (Å²) in [6.07, 6.45) is 0. The fourth-order valence-electron chi connectivity index (χ4n) is 3.50. The molecule has 0 amide bonds. The number of carbonyl (C=O) groups excluding carboxylic acids is 1. The highest BCUT2D eigenvalue weighted by Gasteiger charge is 2.37. The number of fused-ring (bicyclic) bond motifs is 1. The zero-order valence-electron chi connectivity index (χ0n) is 16.5. The van der Waals surface area contributed by atoms with Gasteiger partial charge in [0, 0.05) is 19.8 Å². The molecule has 2 heterocycles. The van der Waals surface area contributed by atoms with Crippen LogP contribution in [0.15, 0.2) is 45.1 Å².